The number of aliphatic hydroxyl groups excluding tert-OH is 2. The van der Waals surface area contributed by atoms with Gasteiger partial charge in [-0.25, -0.2) is 0 Å². The Morgan fingerprint density at radius 2 is 1.85 bits per heavy atom. The van der Waals surface area contributed by atoms with E-state index in [-0.39, 0.29) is 11.8 Å². The minimum atomic E-state index is -0.583. The third kappa shape index (κ3) is 5.45. The molecule has 0 saturated heterocycles. The Balaban J connectivity index is 2.34. The summed E-state index contributed by atoms with van der Waals surface area (Å²) < 4.78 is 5.63. The molecule has 1 rings (SSSR count). The van der Waals surface area contributed by atoms with Crippen LogP contribution in [0.5, 0.6) is 0 Å². The van der Waals surface area contributed by atoms with Gasteiger partial charge in [-0.1, -0.05) is 50.3 Å². The summed E-state index contributed by atoms with van der Waals surface area (Å²) in [7, 11) is 0. The molecule has 0 fully saturated rings. The van der Waals surface area contributed by atoms with Gasteiger partial charge in [0.05, 0.1) is 25.4 Å². The van der Waals surface area contributed by atoms with E-state index in [0.29, 0.717) is 19.6 Å². The number of rotatable bonds is 9. The van der Waals surface area contributed by atoms with E-state index in [4.69, 9.17) is 4.74 Å². The lowest BCUT2D eigenvalue weighted by molar-refractivity contribution is -0.0333. The van der Waals surface area contributed by atoms with E-state index in [0.717, 1.165) is 5.56 Å². The van der Waals surface area contributed by atoms with Gasteiger partial charge in [-0.3, -0.25) is 0 Å². The van der Waals surface area contributed by atoms with Crippen molar-refractivity contribution in [2.75, 3.05) is 6.61 Å². The third-order valence-electron chi connectivity index (χ3n) is 3.63. The van der Waals surface area contributed by atoms with Crippen LogP contribution in [0.1, 0.15) is 25.8 Å². The second-order valence-electron chi connectivity index (χ2n) is 5.42. The van der Waals surface area contributed by atoms with E-state index in [1.165, 1.54) is 0 Å². The number of hydrogen-bond donors (Lipinski definition) is 2. The van der Waals surface area contributed by atoms with E-state index in [1.54, 1.807) is 6.08 Å². The van der Waals surface area contributed by atoms with Gasteiger partial charge in [0.15, 0.2) is 0 Å². The van der Waals surface area contributed by atoms with Crippen LogP contribution in [0, 0.1) is 11.8 Å². The first kappa shape index (κ1) is 16.9. The van der Waals surface area contributed by atoms with Gasteiger partial charge in [0.25, 0.3) is 0 Å². The maximum Gasteiger partial charge on any atom is 0.0717 e. The summed E-state index contributed by atoms with van der Waals surface area (Å²) in [6, 6.07) is 9.95. The molecule has 0 radical (unpaired) electrons. The van der Waals surface area contributed by atoms with Gasteiger partial charge in [-0.2, -0.15) is 0 Å². The highest BCUT2D eigenvalue weighted by atomic mass is 16.5. The molecule has 3 heteroatoms. The fraction of sp³-hybridized carbons (Fsp3) is 0.529. The summed E-state index contributed by atoms with van der Waals surface area (Å²) in [5.74, 6) is -0.212. The Kier molecular flexibility index (Phi) is 7.52. The highest BCUT2D eigenvalue weighted by Gasteiger charge is 2.26. The normalized spacial score (nSPS) is 17.2. The molecule has 20 heavy (non-hydrogen) atoms. The highest BCUT2D eigenvalue weighted by Crippen LogP contribution is 2.19. The van der Waals surface area contributed by atoms with E-state index in [9.17, 15) is 10.2 Å². The maximum atomic E-state index is 10.2. The van der Waals surface area contributed by atoms with Gasteiger partial charge in [0.1, 0.15) is 0 Å². The number of aliphatic hydroxyl groups is 2. The molecule has 0 saturated carbocycles. The van der Waals surface area contributed by atoms with Gasteiger partial charge >= 0.3 is 0 Å². The average molecular weight is 278 g/mol. The summed E-state index contributed by atoms with van der Waals surface area (Å²) in [5.41, 5.74) is 1.12. The SMILES string of the molecule is C=CC[C@@H](O)[C@H](C)[C@@H](O)[C@@H](C)COCc1ccccc1. The molecule has 3 nitrogen and oxygen atoms in total. The Morgan fingerprint density at radius 3 is 2.45 bits per heavy atom. The van der Waals surface area contributed by atoms with Crippen molar-refractivity contribution >= 4 is 0 Å². The van der Waals surface area contributed by atoms with Gasteiger partial charge in [0, 0.05) is 11.8 Å². The zero-order valence-electron chi connectivity index (χ0n) is 12.4. The monoisotopic (exact) mass is 278 g/mol. The first-order valence-corrected chi connectivity index (χ1v) is 7.15. The van der Waals surface area contributed by atoms with Crippen molar-refractivity contribution in [3.05, 3.63) is 48.6 Å². The minimum absolute atomic E-state index is 0.0202. The molecule has 0 heterocycles. The van der Waals surface area contributed by atoms with Crippen LogP contribution < -0.4 is 0 Å². The van der Waals surface area contributed by atoms with Gasteiger partial charge < -0.3 is 14.9 Å². The van der Waals surface area contributed by atoms with E-state index in [1.807, 2.05) is 44.2 Å². The molecule has 4 atom stereocenters. The van der Waals surface area contributed by atoms with Crippen molar-refractivity contribution in [1.82, 2.24) is 0 Å². The molecule has 112 valence electrons. The smallest absolute Gasteiger partial charge is 0.0717 e. The second-order valence-corrected chi connectivity index (χ2v) is 5.42. The molecule has 0 aliphatic carbocycles. The maximum absolute atomic E-state index is 10.2. The van der Waals surface area contributed by atoms with Gasteiger partial charge in [-0.05, 0) is 12.0 Å². The van der Waals surface area contributed by atoms with Crippen molar-refractivity contribution in [2.24, 2.45) is 11.8 Å². The highest BCUT2D eigenvalue weighted by molar-refractivity contribution is 5.13. The molecular weight excluding hydrogens is 252 g/mol. The van der Waals surface area contributed by atoms with E-state index >= 15 is 0 Å². The number of ether oxygens (including phenoxy) is 1. The van der Waals surface area contributed by atoms with E-state index < -0.39 is 12.2 Å². The lowest BCUT2D eigenvalue weighted by Gasteiger charge is -2.28. The van der Waals surface area contributed by atoms with Crippen molar-refractivity contribution in [3.8, 4) is 0 Å². The quantitative estimate of drug-likeness (QED) is 0.683. The summed E-state index contributed by atoms with van der Waals surface area (Å²) in [5, 5.41) is 20.1. The lowest BCUT2D eigenvalue weighted by Crippen LogP contribution is -2.35. The zero-order chi connectivity index (χ0) is 15.0. The molecular formula is C17H26O3. The van der Waals surface area contributed by atoms with Crippen LogP contribution in [0.25, 0.3) is 0 Å². The van der Waals surface area contributed by atoms with Crippen LogP contribution in [0.15, 0.2) is 43.0 Å². The molecule has 0 aromatic heterocycles. The molecule has 0 amide bonds. The second kappa shape index (κ2) is 8.90. The predicted octanol–water partition coefficient (Wildman–Crippen LogP) is 2.77. The lowest BCUT2D eigenvalue weighted by atomic mass is 9.88. The fourth-order valence-corrected chi connectivity index (χ4v) is 2.17. The summed E-state index contributed by atoms with van der Waals surface area (Å²) >= 11 is 0. The Morgan fingerprint density at radius 1 is 1.20 bits per heavy atom. The summed E-state index contributed by atoms with van der Waals surface area (Å²) in [6.45, 7) is 8.41. The molecule has 0 spiro atoms. The van der Waals surface area contributed by atoms with Crippen LogP contribution in [0.4, 0.5) is 0 Å². The first-order valence-electron chi connectivity index (χ1n) is 7.15. The van der Waals surface area contributed by atoms with Crippen molar-refractivity contribution in [1.29, 1.82) is 0 Å². The molecule has 1 aromatic rings. The van der Waals surface area contributed by atoms with Crippen LogP contribution in [0.2, 0.25) is 0 Å². The van der Waals surface area contributed by atoms with Crippen molar-refractivity contribution in [3.63, 3.8) is 0 Å². The van der Waals surface area contributed by atoms with Crippen LogP contribution in [0.3, 0.4) is 0 Å². The van der Waals surface area contributed by atoms with Gasteiger partial charge in [-0.15, -0.1) is 6.58 Å². The molecule has 0 aliphatic heterocycles. The average Bonchev–Trinajstić information content (AvgIpc) is 2.47. The predicted molar refractivity (Wildman–Crippen MR) is 81.3 cm³/mol. The fourth-order valence-electron chi connectivity index (χ4n) is 2.17. The van der Waals surface area contributed by atoms with Crippen LogP contribution in [-0.2, 0) is 11.3 Å². The van der Waals surface area contributed by atoms with Crippen molar-refractivity contribution < 1.29 is 14.9 Å². The largest absolute Gasteiger partial charge is 0.392 e. The Labute approximate surface area is 121 Å². The van der Waals surface area contributed by atoms with Crippen LogP contribution >= 0.6 is 0 Å². The Bertz CT molecular complexity index is 377. The van der Waals surface area contributed by atoms with Crippen LogP contribution in [-0.4, -0.2) is 29.0 Å². The minimum Gasteiger partial charge on any atom is -0.392 e. The van der Waals surface area contributed by atoms with Crippen molar-refractivity contribution in [2.45, 2.75) is 39.1 Å². The third-order valence-corrected chi connectivity index (χ3v) is 3.63. The van der Waals surface area contributed by atoms with E-state index in [2.05, 4.69) is 6.58 Å². The topological polar surface area (TPSA) is 49.7 Å². The molecule has 0 unspecified atom stereocenters. The summed E-state index contributed by atoms with van der Waals surface area (Å²) in [4.78, 5) is 0. The molecule has 0 aliphatic rings. The standard InChI is InChI=1S/C17H26O3/c1-4-8-16(18)14(3)17(19)13(2)11-20-12-15-9-6-5-7-10-15/h4-7,9-10,13-14,16-19H,1,8,11-12H2,2-3H3/t13-,14-,16+,17-/m0/s1. The Hall–Kier alpha value is -1.16. The number of benzene rings is 1. The van der Waals surface area contributed by atoms with Gasteiger partial charge in [0.2, 0.25) is 0 Å². The molecule has 0 bridgehead atoms. The summed E-state index contributed by atoms with van der Waals surface area (Å²) in [6.07, 6.45) is 1.03. The first-order chi connectivity index (χ1) is 9.56. The molecule has 2 N–H and O–H groups in total. The zero-order valence-corrected chi connectivity index (χ0v) is 12.4. The molecule has 1 aromatic carbocycles. The number of hydrogen-bond acceptors (Lipinski definition) is 3.